The van der Waals surface area contributed by atoms with Gasteiger partial charge in [-0.1, -0.05) is 31.2 Å². The number of carbonyl (C=O) groups excluding carboxylic acids is 1. The lowest BCUT2D eigenvalue weighted by Crippen LogP contribution is -2.22. The van der Waals surface area contributed by atoms with Crippen molar-refractivity contribution in [3.8, 4) is 0 Å². The van der Waals surface area contributed by atoms with Gasteiger partial charge in [0.15, 0.2) is 5.76 Å². The molecule has 0 aliphatic heterocycles. The number of hydrogen-bond acceptors (Lipinski definition) is 2. The molecule has 0 saturated heterocycles. The van der Waals surface area contributed by atoms with Gasteiger partial charge in [0.25, 0.3) is 5.91 Å². The lowest BCUT2D eigenvalue weighted by atomic mass is 10.1. The molecule has 3 nitrogen and oxygen atoms in total. The SMILES string of the molecule is CCc1ccc(CNC(=O)c2cc(CCl)c(C)o2)cc1. The van der Waals surface area contributed by atoms with Crippen molar-refractivity contribution in [2.45, 2.75) is 32.7 Å². The predicted molar refractivity (Wildman–Crippen MR) is 80.0 cm³/mol. The van der Waals surface area contributed by atoms with Gasteiger partial charge in [-0.3, -0.25) is 4.79 Å². The Bertz CT molecular complexity index is 587. The van der Waals surface area contributed by atoms with Crippen LogP contribution in [0, 0.1) is 6.92 Å². The molecule has 0 fully saturated rings. The summed E-state index contributed by atoms with van der Waals surface area (Å²) in [6.45, 7) is 4.40. The van der Waals surface area contributed by atoms with Gasteiger partial charge in [-0.05, 0) is 30.5 Å². The molecule has 0 unspecified atom stereocenters. The van der Waals surface area contributed by atoms with Crippen molar-refractivity contribution in [3.05, 3.63) is 58.5 Å². The van der Waals surface area contributed by atoms with Gasteiger partial charge in [-0.15, -0.1) is 11.6 Å². The van der Waals surface area contributed by atoms with Crippen LogP contribution in [0.2, 0.25) is 0 Å². The van der Waals surface area contributed by atoms with Gasteiger partial charge in [0.05, 0.1) is 5.88 Å². The van der Waals surface area contributed by atoms with E-state index >= 15 is 0 Å². The molecule has 1 amide bonds. The Labute approximate surface area is 123 Å². The molecule has 0 aliphatic rings. The summed E-state index contributed by atoms with van der Waals surface area (Å²) in [5.74, 6) is 1.13. The van der Waals surface area contributed by atoms with Crippen LogP contribution in [0.5, 0.6) is 0 Å². The van der Waals surface area contributed by atoms with E-state index in [2.05, 4.69) is 24.4 Å². The first-order valence-corrected chi connectivity index (χ1v) is 7.18. The van der Waals surface area contributed by atoms with Crippen LogP contribution in [0.15, 0.2) is 34.7 Å². The highest BCUT2D eigenvalue weighted by molar-refractivity contribution is 6.17. The quantitative estimate of drug-likeness (QED) is 0.851. The first kappa shape index (κ1) is 14.7. The Morgan fingerprint density at radius 3 is 2.45 bits per heavy atom. The van der Waals surface area contributed by atoms with Gasteiger partial charge < -0.3 is 9.73 Å². The molecule has 0 aliphatic carbocycles. The average molecular weight is 292 g/mol. The monoisotopic (exact) mass is 291 g/mol. The molecule has 1 N–H and O–H groups in total. The van der Waals surface area contributed by atoms with Crippen LogP contribution in [-0.2, 0) is 18.8 Å². The van der Waals surface area contributed by atoms with Gasteiger partial charge >= 0.3 is 0 Å². The maximum Gasteiger partial charge on any atom is 0.287 e. The van der Waals surface area contributed by atoms with E-state index in [1.807, 2.05) is 12.1 Å². The van der Waals surface area contributed by atoms with Gasteiger partial charge in [-0.25, -0.2) is 0 Å². The Kier molecular flexibility index (Phi) is 4.85. The van der Waals surface area contributed by atoms with Gasteiger partial charge in [0.1, 0.15) is 5.76 Å². The number of aryl methyl sites for hydroxylation is 2. The van der Waals surface area contributed by atoms with E-state index in [0.29, 0.717) is 23.9 Å². The summed E-state index contributed by atoms with van der Waals surface area (Å²) in [7, 11) is 0. The summed E-state index contributed by atoms with van der Waals surface area (Å²) >= 11 is 5.76. The third-order valence-electron chi connectivity index (χ3n) is 3.27. The van der Waals surface area contributed by atoms with E-state index in [9.17, 15) is 4.79 Å². The first-order valence-electron chi connectivity index (χ1n) is 6.65. The van der Waals surface area contributed by atoms with Crippen LogP contribution in [0.1, 0.15) is 39.9 Å². The zero-order valence-electron chi connectivity index (χ0n) is 11.7. The molecule has 1 aromatic carbocycles. The van der Waals surface area contributed by atoms with Crippen molar-refractivity contribution in [1.82, 2.24) is 5.32 Å². The number of nitrogens with one attached hydrogen (secondary N) is 1. The van der Waals surface area contributed by atoms with Crippen molar-refractivity contribution >= 4 is 17.5 Å². The third-order valence-corrected chi connectivity index (χ3v) is 3.56. The van der Waals surface area contributed by atoms with Gasteiger partial charge in [0.2, 0.25) is 0 Å². The number of furan rings is 1. The number of hydrogen-bond donors (Lipinski definition) is 1. The van der Waals surface area contributed by atoms with E-state index in [-0.39, 0.29) is 5.91 Å². The lowest BCUT2D eigenvalue weighted by Gasteiger charge is -2.04. The average Bonchev–Trinajstić information content (AvgIpc) is 2.86. The molecule has 2 aromatic rings. The van der Waals surface area contributed by atoms with E-state index in [1.54, 1.807) is 13.0 Å². The van der Waals surface area contributed by atoms with E-state index in [1.165, 1.54) is 5.56 Å². The molecule has 1 heterocycles. The molecule has 2 rings (SSSR count). The number of rotatable bonds is 5. The third kappa shape index (κ3) is 3.42. The van der Waals surface area contributed by atoms with Crippen molar-refractivity contribution in [2.24, 2.45) is 0 Å². The van der Waals surface area contributed by atoms with E-state index in [0.717, 1.165) is 17.5 Å². The van der Waals surface area contributed by atoms with Crippen molar-refractivity contribution in [3.63, 3.8) is 0 Å². The maximum atomic E-state index is 12.0. The second-order valence-corrected chi connectivity index (χ2v) is 4.95. The van der Waals surface area contributed by atoms with Crippen LogP contribution in [0.4, 0.5) is 0 Å². The maximum absolute atomic E-state index is 12.0. The Hall–Kier alpha value is -1.74. The van der Waals surface area contributed by atoms with Crippen LogP contribution < -0.4 is 5.32 Å². The second-order valence-electron chi connectivity index (χ2n) is 4.68. The standard InChI is InChI=1S/C16H18ClNO2/c1-3-12-4-6-13(7-5-12)10-18-16(19)15-8-14(9-17)11(2)20-15/h4-8H,3,9-10H2,1-2H3,(H,18,19). The molecule has 1 aromatic heterocycles. The molecule has 4 heteroatoms. The van der Waals surface area contributed by atoms with Crippen molar-refractivity contribution in [2.75, 3.05) is 0 Å². The topological polar surface area (TPSA) is 42.2 Å². The minimum Gasteiger partial charge on any atom is -0.456 e. The highest BCUT2D eigenvalue weighted by atomic mass is 35.5. The minimum atomic E-state index is -0.218. The molecule has 0 spiro atoms. The number of amides is 1. The smallest absolute Gasteiger partial charge is 0.287 e. The summed E-state index contributed by atoms with van der Waals surface area (Å²) in [5, 5.41) is 2.84. The Morgan fingerprint density at radius 2 is 1.90 bits per heavy atom. The molecule has 0 radical (unpaired) electrons. The summed E-state index contributed by atoms with van der Waals surface area (Å²) in [6.07, 6.45) is 1.01. The number of carbonyl (C=O) groups is 1. The van der Waals surface area contributed by atoms with Crippen LogP contribution in [0.25, 0.3) is 0 Å². The molecule has 20 heavy (non-hydrogen) atoms. The fourth-order valence-electron chi connectivity index (χ4n) is 1.93. The highest BCUT2D eigenvalue weighted by Gasteiger charge is 2.13. The molecule has 0 bridgehead atoms. The number of alkyl halides is 1. The van der Waals surface area contributed by atoms with Crippen LogP contribution >= 0.6 is 11.6 Å². The van der Waals surface area contributed by atoms with E-state index in [4.69, 9.17) is 16.0 Å². The molecular formula is C16H18ClNO2. The molecule has 0 saturated carbocycles. The fourth-order valence-corrected chi connectivity index (χ4v) is 2.19. The normalized spacial score (nSPS) is 10.6. The summed E-state index contributed by atoms with van der Waals surface area (Å²) in [6, 6.07) is 9.89. The largest absolute Gasteiger partial charge is 0.456 e. The van der Waals surface area contributed by atoms with Crippen molar-refractivity contribution < 1.29 is 9.21 Å². The summed E-state index contributed by atoms with van der Waals surface area (Å²) < 4.78 is 5.40. The van der Waals surface area contributed by atoms with Crippen LogP contribution in [0.3, 0.4) is 0 Å². The Morgan fingerprint density at radius 1 is 1.25 bits per heavy atom. The summed E-state index contributed by atoms with van der Waals surface area (Å²) in [5.41, 5.74) is 3.20. The summed E-state index contributed by atoms with van der Waals surface area (Å²) in [4.78, 5) is 12.0. The lowest BCUT2D eigenvalue weighted by molar-refractivity contribution is 0.0922. The minimum absolute atomic E-state index is 0.218. The first-order chi connectivity index (χ1) is 9.63. The highest BCUT2D eigenvalue weighted by Crippen LogP contribution is 2.16. The zero-order valence-corrected chi connectivity index (χ0v) is 12.5. The van der Waals surface area contributed by atoms with E-state index < -0.39 is 0 Å². The number of halogens is 1. The Balaban J connectivity index is 1.96. The second kappa shape index (κ2) is 6.62. The zero-order chi connectivity index (χ0) is 14.5. The van der Waals surface area contributed by atoms with Crippen LogP contribution in [-0.4, -0.2) is 5.91 Å². The predicted octanol–water partition coefficient (Wildman–Crippen LogP) is 3.82. The van der Waals surface area contributed by atoms with Crippen molar-refractivity contribution in [1.29, 1.82) is 0 Å². The fraction of sp³-hybridized carbons (Fsp3) is 0.312. The van der Waals surface area contributed by atoms with Gasteiger partial charge in [0, 0.05) is 12.1 Å². The molecule has 0 atom stereocenters. The van der Waals surface area contributed by atoms with Gasteiger partial charge in [-0.2, -0.15) is 0 Å². The molecule has 106 valence electrons. The number of benzene rings is 1. The molecular weight excluding hydrogens is 274 g/mol.